The summed E-state index contributed by atoms with van der Waals surface area (Å²) in [4.78, 5) is 4.17. The summed E-state index contributed by atoms with van der Waals surface area (Å²) in [5, 5.41) is 3.28. The molecular formula is C13H19FN2O. The molecule has 1 N–H and O–H groups in total. The first-order chi connectivity index (χ1) is 8.16. The van der Waals surface area contributed by atoms with Gasteiger partial charge in [-0.3, -0.25) is 4.98 Å². The molecule has 1 aromatic heterocycles. The second-order valence-corrected chi connectivity index (χ2v) is 4.84. The predicted octanol–water partition coefficient (Wildman–Crippen LogP) is 1.73. The number of hydrogen-bond donors (Lipinski definition) is 1. The number of nitrogens with zero attached hydrogens (tertiary/aromatic N) is 1. The Kier molecular flexibility index (Phi) is 4.07. The third-order valence-electron chi connectivity index (χ3n) is 2.95. The van der Waals surface area contributed by atoms with Crippen LogP contribution in [0.3, 0.4) is 0 Å². The normalized spacial score (nSPS) is 24.2. The summed E-state index contributed by atoms with van der Waals surface area (Å²) in [6.07, 6.45) is 2.52. The van der Waals surface area contributed by atoms with Gasteiger partial charge >= 0.3 is 0 Å². The van der Waals surface area contributed by atoms with Gasteiger partial charge < -0.3 is 10.1 Å². The van der Waals surface area contributed by atoms with Crippen LogP contribution in [-0.2, 0) is 11.2 Å². The van der Waals surface area contributed by atoms with Gasteiger partial charge in [0.15, 0.2) is 0 Å². The Morgan fingerprint density at radius 2 is 2.47 bits per heavy atom. The number of morpholine rings is 1. The standard InChI is InChI=1S/C13H19FN2O/c1-13(14,8-11-4-2-3-5-15-11)9-12-10-17-7-6-16-12/h2-5,12,16H,6-10H2,1H3. The molecule has 0 bridgehead atoms. The number of rotatable bonds is 4. The van der Waals surface area contributed by atoms with Crippen LogP contribution in [0.4, 0.5) is 4.39 Å². The van der Waals surface area contributed by atoms with Crippen molar-refractivity contribution in [2.45, 2.75) is 31.5 Å². The lowest BCUT2D eigenvalue weighted by Crippen LogP contribution is -2.45. The first-order valence-corrected chi connectivity index (χ1v) is 6.06. The van der Waals surface area contributed by atoms with Crippen molar-refractivity contribution in [3.63, 3.8) is 0 Å². The Morgan fingerprint density at radius 1 is 1.59 bits per heavy atom. The van der Waals surface area contributed by atoms with Crippen LogP contribution >= 0.6 is 0 Å². The van der Waals surface area contributed by atoms with E-state index in [0.717, 1.165) is 18.8 Å². The summed E-state index contributed by atoms with van der Waals surface area (Å²) in [5.74, 6) is 0. The number of aromatic nitrogens is 1. The van der Waals surface area contributed by atoms with Crippen molar-refractivity contribution in [1.82, 2.24) is 10.3 Å². The van der Waals surface area contributed by atoms with Crippen LogP contribution in [0, 0.1) is 0 Å². The lowest BCUT2D eigenvalue weighted by molar-refractivity contribution is 0.0481. The van der Waals surface area contributed by atoms with E-state index in [9.17, 15) is 4.39 Å². The molecule has 2 atom stereocenters. The molecule has 1 fully saturated rings. The number of nitrogens with one attached hydrogen (secondary N) is 1. The molecule has 2 unspecified atom stereocenters. The van der Waals surface area contributed by atoms with Gasteiger partial charge in [-0.1, -0.05) is 6.07 Å². The van der Waals surface area contributed by atoms with Crippen molar-refractivity contribution in [2.75, 3.05) is 19.8 Å². The van der Waals surface area contributed by atoms with E-state index in [-0.39, 0.29) is 6.04 Å². The fourth-order valence-electron chi connectivity index (χ4n) is 2.22. The zero-order valence-corrected chi connectivity index (χ0v) is 10.2. The maximum Gasteiger partial charge on any atom is 0.115 e. The van der Waals surface area contributed by atoms with E-state index in [1.807, 2.05) is 18.2 Å². The zero-order valence-electron chi connectivity index (χ0n) is 10.2. The van der Waals surface area contributed by atoms with Gasteiger partial charge in [0.1, 0.15) is 5.67 Å². The lowest BCUT2D eigenvalue weighted by atomic mass is 9.93. The molecule has 0 spiro atoms. The quantitative estimate of drug-likeness (QED) is 0.867. The van der Waals surface area contributed by atoms with Gasteiger partial charge in [0.05, 0.1) is 13.2 Å². The van der Waals surface area contributed by atoms with Crippen LogP contribution in [0.15, 0.2) is 24.4 Å². The molecular weight excluding hydrogens is 219 g/mol. The molecule has 0 radical (unpaired) electrons. The predicted molar refractivity (Wildman–Crippen MR) is 64.7 cm³/mol. The third-order valence-corrected chi connectivity index (χ3v) is 2.95. The molecule has 17 heavy (non-hydrogen) atoms. The molecule has 2 heterocycles. The Morgan fingerprint density at radius 3 is 3.12 bits per heavy atom. The Labute approximate surface area is 101 Å². The zero-order chi connectivity index (χ0) is 12.1. The molecule has 94 valence electrons. The maximum absolute atomic E-state index is 14.4. The van der Waals surface area contributed by atoms with Gasteiger partial charge in [-0.05, 0) is 25.5 Å². The topological polar surface area (TPSA) is 34.1 Å². The first-order valence-electron chi connectivity index (χ1n) is 6.06. The minimum atomic E-state index is -1.24. The average Bonchev–Trinajstić information content (AvgIpc) is 2.30. The summed E-state index contributed by atoms with van der Waals surface area (Å²) in [6.45, 7) is 3.77. The average molecular weight is 238 g/mol. The van der Waals surface area contributed by atoms with Crippen LogP contribution < -0.4 is 5.32 Å². The van der Waals surface area contributed by atoms with Crippen LogP contribution in [0.5, 0.6) is 0 Å². The molecule has 1 aliphatic heterocycles. The van der Waals surface area contributed by atoms with Gasteiger partial charge in [-0.25, -0.2) is 4.39 Å². The fraction of sp³-hybridized carbons (Fsp3) is 0.615. The van der Waals surface area contributed by atoms with Gasteiger partial charge in [0, 0.05) is 30.9 Å². The molecule has 2 rings (SSSR count). The SMILES string of the molecule is CC(F)(Cc1ccccn1)CC1COCCN1. The van der Waals surface area contributed by atoms with Crippen LogP contribution in [0.25, 0.3) is 0 Å². The van der Waals surface area contributed by atoms with E-state index in [0.29, 0.717) is 19.4 Å². The van der Waals surface area contributed by atoms with Gasteiger partial charge in [0.2, 0.25) is 0 Å². The highest BCUT2D eigenvalue weighted by atomic mass is 19.1. The highest BCUT2D eigenvalue weighted by molar-refractivity contribution is 5.07. The molecule has 1 saturated heterocycles. The molecule has 0 saturated carbocycles. The van der Waals surface area contributed by atoms with E-state index >= 15 is 0 Å². The molecule has 3 nitrogen and oxygen atoms in total. The monoisotopic (exact) mass is 238 g/mol. The van der Waals surface area contributed by atoms with Crippen molar-refractivity contribution in [3.8, 4) is 0 Å². The largest absolute Gasteiger partial charge is 0.379 e. The van der Waals surface area contributed by atoms with E-state index in [1.54, 1.807) is 13.1 Å². The minimum absolute atomic E-state index is 0.113. The molecule has 1 aromatic rings. The summed E-state index contributed by atoms with van der Waals surface area (Å²) >= 11 is 0. The number of halogens is 1. The smallest absolute Gasteiger partial charge is 0.115 e. The number of pyridine rings is 1. The van der Waals surface area contributed by atoms with Crippen molar-refractivity contribution in [1.29, 1.82) is 0 Å². The molecule has 0 aromatic carbocycles. The summed E-state index contributed by atoms with van der Waals surface area (Å²) in [7, 11) is 0. The Bertz CT molecular complexity index is 337. The first kappa shape index (κ1) is 12.5. The van der Waals surface area contributed by atoms with Gasteiger partial charge in [-0.2, -0.15) is 0 Å². The second-order valence-electron chi connectivity index (χ2n) is 4.84. The van der Waals surface area contributed by atoms with Crippen LogP contribution in [0.1, 0.15) is 19.0 Å². The van der Waals surface area contributed by atoms with Crippen molar-refractivity contribution < 1.29 is 9.13 Å². The number of ether oxygens (including phenoxy) is 1. The highest BCUT2D eigenvalue weighted by Gasteiger charge is 2.29. The highest BCUT2D eigenvalue weighted by Crippen LogP contribution is 2.23. The number of alkyl halides is 1. The summed E-state index contributed by atoms with van der Waals surface area (Å²) < 4.78 is 19.8. The molecule has 0 aliphatic carbocycles. The Hall–Kier alpha value is -1.00. The van der Waals surface area contributed by atoms with E-state index in [4.69, 9.17) is 4.74 Å². The second kappa shape index (κ2) is 5.56. The fourth-order valence-corrected chi connectivity index (χ4v) is 2.22. The van der Waals surface area contributed by atoms with E-state index in [2.05, 4.69) is 10.3 Å². The van der Waals surface area contributed by atoms with Crippen LogP contribution in [0.2, 0.25) is 0 Å². The minimum Gasteiger partial charge on any atom is -0.379 e. The van der Waals surface area contributed by atoms with E-state index in [1.165, 1.54) is 0 Å². The third kappa shape index (κ3) is 4.06. The van der Waals surface area contributed by atoms with Crippen molar-refractivity contribution in [2.24, 2.45) is 0 Å². The maximum atomic E-state index is 14.4. The van der Waals surface area contributed by atoms with Crippen LogP contribution in [-0.4, -0.2) is 36.5 Å². The molecule has 0 amide bonds. The summed E-state index contributed by atoms with van der Waals surface area (Å²) in [6, 6.07) is 5.71. The molecule has 1 aliphatic rings. The van der Waals surface area contributed by atoms with Gasteiger partial charge in [-0.15, -0.1) is 0 Å². The summed E-state index contributed by atoms with van der Waals surface area (Å²) in [5.41, 5.74) is -0.443. The van der Waals surface area contributed by atoms with E-state index < -0.39 is 5.67 Å². The van der Waals surface area contributed by atoms with Gasteiger partial charge in [0.25, 0.3) is 0 Å². The number of hydrogen-bond acceptors (Lipinski definition) is 3. The van der Waals surface area contributed by atoms with Crippen molar-refractivity contribution >= 4 is 0 Å². The van der Waals surface area contributed by atoms with Crippen molar-refractivity contribution in [3.05, 3.63) is 30.1 Å². The lowest BCUT2D eigenvalue weighted by Gasteiger charge is -2.29. The Balaban J connectivity index is 1.89. The molecule has 4 heteroatoms.